The van der Waals surface area contributed by atoms with Gasteiger partial charge in [0.05, 0.1) is 43.6 Å². The number of aliphatic hydroxyl groups excluding tert-OH is 7. The molecule has 19 heteroatoms. The fourth-order valence-corrected chi connectivity index (χ4v) is 6.56. The molecule has 0 spiro atoms. The van der Waals surface area contributed by atoms with Gasteiger partial charge in [0.2, 0.25) is 0 Å². The number of ether oxygens (including phenoxy) is 6. The summed E-state index contributed by atoms with van der Waals surface area (Å²) in [6, 6.07) is -2.65. The summed E-state index contributed by atoms with van der Waals surface area (Å²) in [5.74, 6) is -0.462. The van der Waals surface area contributed by atoms with E-state index < -0.39 is 117 Å². The average molecular weight is 697 g/mol. The first kappa shape index (κ1) is 39.8. The lowest BCUT2D eigenvalue weighted by Crippen LogP contribution is -2.64. The highest BCUT2D eigenvalue weighted by atomic mass is 16.8. The van der Waals surface area contributed by atoms with Gasteiger partial charge in [-0.2, -0.15) is 0 Å². The summed E-state index contributed by atoms with van der Waals surface area (Å²) in [5, 5.41) is 75.9. The van der Waals surface area contributed by atoms with Gasteiger partial charge in [0.25, 0.3) is 0 Å². The van der Waals surface area contributed by atoms with Crippen molar-refractivity contribution < 1.29 is 64.2 Å². The molecular formula is C29H56N6O13. The van der Waals surface area contributed by atoms with Crippen LogP contribution in [-0.4, -0.2) is 179 Å². The monoisotopic (exact) mass is 696 g/mol. The molecule has 280 valence electrons. The van der Waals surface area contributed by atoms with E-state index in [9.17, 15) is 30.6 Å². The molecule has 0 aromatic carbocycles. The lowest BCUT2D eigenvalue weighted by atomic mass is 9.77. The molecule has 0 bridgehead atoms. The average Bonchev–Trinajstić information content (AvgIpc) is 3.37. The minimum atomic E-state index is -1.57. The number of hydrogen-bond donors (Lipinski definition) is 13. The largest absolute Gasteiger partial charge is 0.395 e. The van der Waals surface area contributed by atoms with E-state index in [0.717, 1.165) is 0 Å². The van der Waals surface area contributed by atoms with E-state index in [4.69, 9.17) is 62.2 Å². The quantitative estimate of drug-likeness (QED) is 0.0526. The topological polar surface area (TPSA) is 339 Å². The predicted molar refractivity (Wildman–Crippen MR) is 166 cm³/mol. The van der Waals surface area contributed by atoms with Gasteiger partial charge in [-0.25, -0.2) is 0 Å². The Bertz CT molecular complexity index is 992. The zero-order chi connectivity index (χ0) is 35.1. The molecule has 1 aliphatic carbocycles. The van der Waals surface area contributed by atoms with Gasteiger partial charge in [-0.05, 0) is 25.2 Å². The molecule has 1 unspecified atom stereocenters. The fraction of sp³-hybridized carbons (Fsp3) is 0.931. The molecule has 0 aromatic heterocycles. The maximum atomic E-state index is 11.6. The summed E-state index contributed by atoms with van der Waals surface area (Å²) in [4.78, 5) is 0. The normalized spacial score (nSPS) is 45.8. The SMILES string of the molecule is NCC(O)CC[C@@H]1C[C@H](N)[C@@H](O[C@H]2O[C@H](CNCCO)C=C[C@H]2N)[C@H](O[C@@H]2O[C@H](CO)[C@@H](O[C@H]3O[C@@H](CN)[C@@H](O)[C@H](O)[C@H]3N)[C@H]2O)[C@H]1O. The van der Waals surface area contributed by atoms with E-state index >= 15 is 0 Å². The molecular weight excluding hydrogens is 640 g/mol. The highest BCUT2D eigenvalue weighted by Crippen LogP contribution is 2.37. The van der Waals surface area contributed by atoms with Crippen LogP contribution in [0.5, 0.6) is 0 Å². The second-order valence-corrected chi connectivity index (χ2v) is 12.9. The molecule has 2 saturated heterocycles. The molecule has 3 heterocycles. The first-order valence-electron chi connectivity index (χ1n) is 16.5. The molecule has 0 radical (unpaired) electrons. The minimum Gasteiger partial charge on any atom is -0.395 e. The second kappa shape index (κ2) is 18.5. The van der Waals surface area contributed by atoms with E-state index in [1.54, 1.807) is 12.2 Å². The van der Waals surface area contributed by atoms with Crippen molar-refractivity contribution in [3.05, 3.63) is 12.2 Å². The van der Waals surface area contributed by atoms with E-state index in [-0.39, 0.29) is 26.1 Å². The van der Waals surface area contributed by atoms with E-state index in [0.29, 0.717) is 25.9 Å². The molecule has 3 fully saturated rings. The smallest absolute Gasteiger partial charge is 0.187 e. The Kier molecular flexibility index (Phi) is 15.3. The van der Waals surface area contributed by atoms with Crippen LogP contribution in [0.2, 0.25) is 0 Å². The Morgan fingerprint density at radius 2 is 1.48 bits per heavy atom. The van der Waals surface area contributed by atoms with Crippen LogP contribution in [-0.2, 0) is 28.4 Å². The van der Waals surface area contributed by atoms with Crippen LogP contribution >= 0.6 is 0 Å². The van der Waals surface area contributed by atoms with Crippen molar-refractivity contribution in [2.75, 3.05) is 39.4 Å². The van der Waals surface area contributed by atoms with E-state index in [2.05, 4.69) is 5.32 Å². The Balaban J connectivity index is 1.52. The summed E-state index contributed by atoms with van der Waals surface area (Å²) >= 11 is 0. The highest BCUT2D eigenvalue weighted by molar-refractivity contribution is 5.05. The maximum absolute atomic E-state index is 11.6. The zero-order valence-electron chi connectivity index (χ0n) is 26.9. The first-order chi connectivity index (χ1) is 22.9. The lowest BCUT2D eigenvalue weighted by molar-refractivity contribution is -0.286. The molecule has 4 aliphatic rings. The summed E-state index contributed by atoms with van der Waals surface area (Å²) < 4.78 is 36.0. The van der Waals surface area contributed by atoms with Gasteiger partial charge in [0.15, 0.2) is 18.9 Å². The van der Waals surface area contributed by atoms with Crippen molar-refractivity contribution in [3.63, 3.8) is 0 Å². The second-order valence-electron chi connectivity index (χ2n) is 12.9. The van der Waals surface area contributed by atoms with Crippen LogP contribution in [0.1, 0.15) is 19.3 Å². The summed E-state index contributed by atoms with van der Waals surface area (Å²) in [7, 11) is 0. The predicted octanol–water partition coefficient (Wildman–Crippen LogP) is -7.05. The van der Waals surface area contributed by atoms with E-state index in [1.807, 2.05) is 0 Å². The third-order valence-corrected chi connectivity index (χ3v) is 9.41. The molecule has 4 rings (SSSR count). The zero-order valence-corrected chi connectivity index (χ0v) is 26.9. The highest BCUT2D eigenvalue weighted by Gasteiger charge is 2.53. The van der Waals surface area contributed by atoms with Gasteiger partial charge in [0.1, 0.15) is 48.8 Å². The number of aliphatic hydroxyl groups is 7. The van der Waals surface area contributed by atoms with Crippen molar-refractivity contribution in [2.24, 2.45) is 34.6 Å². The Labute approximate surface area is 279 Å². The molecule has 0 amide bonds. The van der Waals surface area contributed by atoms with E-state index in [1.165, 1.54) is 0 Å². The van der Waals surface area contributed by atoms with Gasteiger partial charge in [-0.1, -0.05) is 12.2 Å². The number of rotatable bonds is 16. The number of hydrogen-bond acceptors (Lipinski definition) is 19. The van der Waals surface area contributed by atoms with Crippen molar-refractivity contribution in [3.8, 4) is 0 Å². The molecule has 19 nitrogen and oxygen atoms in total. The van der Waals surface area contributed by atoms with Crippen LogP contribution < -0.4 is 34.0 Å². The van der Waals surface area contributed by atoms with Gasteiger partial charge in [-0.3, -0.25) is 0 Å². The van der Waals surface area contributed by atoms with Crippen LogP contribution in [0.4, 0.5) is 0 Å². The Morgan fingerprint density at radius 3 is 2.15 bits per heavy atom. The summed E-state index contributed by atoms with van der Waals surface area (Å²) in [5.41, 5.74) is 30.2. The fourth-order valence-electron chi connectivity index (χ4n) is 6.56. The van der Waals surface area contributed by atoms with Crippen molar-refractivity contribution in [1.29, 1.82) is 0 Å². The Morgan fingerprint density at radius 1 is 0.792 bits per heavy atom. The van der Waals surface area contributed by atoms with Gasteiger partial charge in [0, 0.05) is 32.2 Å². The molecule has 48 heavy (non-hydrogen) atoms. The maximum Gasteiger partial charge on any atom is 0.187 e. The molecule has 1 saturated carbocycles. The summed E-state index contributed by atoms with van der Waals surface area (Å²) in [6.07, 6.45) is -11.9. The molecule has 18 atom stereocenters. The van der Waals surface area contributed by atoms with Gasteiger partial charge in [-0.15, -0.1) is 0 Å². The van der Waals surface area contributed by atoms with Crippen molar-refractivity contribution in [2.45, 2.75) is 123 Å². The number of nitrogens with one attached hydrogen (secondary N) is 1. The third-order valence-electron chi connectivity index (χ3n) is 9.41. The molecule has 18 N–H and O–H groups in total. The molecule has 0 aromatic rings. The Hall–Kier alpha value is -1.02. The van der Waals surface area contributed by atoms with Crippen LogP contribution in [0.15, 0.2) is 12.2 Å². The van der Waals surface area contributed by atoms with Crippen LogP contribution in [0.25, 0.3) is 0 Å². The first-order valence-corrected chi connectivity index (χ1v) is 16.5. The van der Waals surface area contributed by atoms with Gasteiger partial charge < -0.3 is 98.2 Å². The standard InChI is InChI=1S/C29H56N6O13/c30-8-13(38)2-1-12-7-16(33)24(46-27-15(32)4-3-14(43-27)10-35-5-6-36)26(20(12)39)48-29-23(42)25(18(11-37)45-29)47-28-19(34)22(41)21(40)17(9-31)44-28/h3-4,12-29,35-42H,1-2,5-11,30-34H2/t12-,13?,14+,15-,16+,17+,18-,19-,20+,21-,22-,23-,24-,25-,26-,27-,28-,29+/m1/s1. The number of nitrogens with two attached hydrogens (primary N) is 5. The summed E-state index contributed by atoms with van der Waals surface area (Å²) in [6.45, 7) is -0.0500. The minimum absolute atomic E-state index is 0.0434. The third kappa shape index (κ3) is 9.44. The van der Waals surface area contributed by atoms with Crippen LogP contribution in [0.3, 0.4) is 0 Å². The van der Waals surface area contributed by atoms with Gasteiger partial charge >= 0.3 is 0 Å². The van der Waals surface area contributed by atoms with Crippen LogP contribution in [0, 0.1) is 5.92 Å². The molecule has 3 aliphatic heterocycles. The van der Waals surface area contributed by atoms with Crippen molar-refractivity contribution in [1.82, 2.24) is 5.32 Å². The lowest BCUT2D eigenvalue weighted by Gasteiger charge is -2.46. The van der Waals surface area contributed by atoms with Crippen molar-refractivity contribution >= 4 is 0 Å².